The maximum atomic E-state index is 12.9. The van der Waals surface area contributed by atoms with E-state index >= 15 is 0 Å². The first-order valence-corrected chi connectivity index (χ1v) is 10.4. The van der Waals surface area contributed by atoms with Crippen LogP contribution >= 0.6 is 24.8 Å². The maximum Gasteiger partial charge on any atom is 0.242 e. The van der Waals surface area contributed by atoms with Crippen LogP contribution in [-0.2, 0) is 17.8 Å². The fourth-order valence-corrected chi connectivity index (χ4v) is 4.30. The van der Waals surface area contributed by atoms with Gasteiger partial charge in [-0.15, -0.1) is 24.8 Å². The number of ether oxygens (including phenoxy) is 1. The molecule has 31 heavy (non-hydrogen) atoms. The van der Waals surface area contributed by atoms with Gasteiger partial charge < -0.3 is 20.3 Å². The van der Waals surface area contributed by atoms with Gasteiger partial charge in [-0.3, -0.25) is 9.69 Å². The number of amides is 1. The van der Waals surface area contributed by atoms with Crippen molar-refractivity contribution in [3.8, 4) is 5.75 Å². The summed E-state index contributed by atoms with van der Waals surface area (Å²) < 4.78 is 5.22. The number of nitrogens with zero attached hydrogens (tertiary/aromatic N) is 3. The Bertz CT molecular complexity index is 855. The summed E-state index contributed by atoms with van der Waals surface area (Å²) in [5.41, 5.74) is 10.6. The van der Waals surface area contributed by atoms with Crippen molar-refractivity contribution in [2.45, 2.75) is 19.4 Å². The molecule has 4 rings (SSSR count). The lowest BCUT2D eigenvalue weighted by Crippen LogP contribution is -2.51. The molecule has 1 fully saturated rings. The first-order chi connectivity index (χ1) is 14.1. The molecule has 0 atom stereocenters. The molecule has 8 heteroatoms. The zero-order valence-corrected chi connectivity index (χ0v) is 19.6. The molecule has 170 valence electrons. The molecule has 2 aliphatic rings. The number of fused-ring (bicyclic) bond motifs is 1. The summed E-state index contributed by atoms with van der Waals surface area (Å²) in [5.74, 6) is 1.09. The average Bonchev–Trinajstić information content (AvgIpc) is 2.75. The number of benzene rings is 2. The van der Waals surface area contributed by atoms with E-state index in [9.17, 15) is 4.79 Å². The van der Waals surface area contributed by atoms with Crippen molar-refractivity contribution in [3.05, 3.63) is 53.6 Å². The minimum absolute atomic E-state index is 0. The second kappa shape index (κ2) is 11.5. The van der Waals surface area contributed by atoms with Crippen LogP contribution in [0.1, 0.15) is 17.5 Å². The van der Waals surface area contributed by atoms with Crippen molar-refractivity contribution < 1.29 is 9.53 Å². The molecule has 0 radical (unpaired) electrons. The molecular weight excluding hydrogens is 435 g/mol. The molecule has 2 aromatic carbocycles. The van der Waals surface area contributed by atoms with Gasteiger partial charge in [-0.05, 0) is 48.2 Å². The van der Waals surface area contributed by atoms with Crippen LogP contribution in [0.4, 0.5) is 11.4 Å². The second-order valence-corrected chi connectivity index (χ2v) is 7.88. The van der Waals surface area contributed by atoms with E-state index in [1.165, 1.54) is 11.1 Å². The summed E-state index contributed by atoms with van der Waals surface area (Å²) in [6.45, 7) is 5.64. The zero-order chi connectivity index (χ0) is 20.2. The number of hydrogen-bond acceptors (Lipinski definition) is 5. The van der Waals surface area contributed by atoms with Crippen LogP contribution in [0.25, 0.3) is 0 Å². The lowest BCUT2D eigenvalue weighted by Gasteiger charge is -2.37. The van der Waals surface area contributed by atoms with Crippen molar-refractivity contribution in [2.24, 2.45) is 0 Å². The number of methoxy groups -OCH3 is 1. The number of carbonyl (C=O) groups is 1. The van der Waals surface area contributed by atoms with Gasteiger partial charge in [0.15, 0.2) is 0 Å². The Morgan fingerprint density at radius 2 is 1.71 bits per heavy atom. The van der Waals surface area contributed by atoms with E-state index in [1.807, 2.05) is 29.2 Å². The third-order valence-electron chi connectivity index (χ3n) is 6.00. The molecule has 2 aliphatic heterocycles. The first kappa shape index (κ1) is 25.1. The average molecular weight is 467 g/mol. The normalized spacial score (nSPS) is 16.0. The third-order valence-corrected chi connectivity index (χ3v) is 6.00. The fourth-order valence-electron chi connectivity index (χ4n) is 4.30. The van der Waals surface area contributed by atoms with E-state index in [-0.39, 0.29) is 30.7 Å². The maximum absolute atomic E-state index is 12.9. The molecule has 1 saturated heterocycles. The topological polar surface area (TPSA) is 62.0 Å². The number of carbonyl (C=O) groups excluding carboxylic acids is 1. The van der Waals surface area contributed by atoms with E-state index in [4.69, 9.17) is 10.5 Å². The van der Waals surface area contributed by atoms with Crippen LogP contribution in [-0.4, -0.2) is 62.1 Å². The lowest BCUT2D eigenvalue weighted by atomic mass is 10.00. The summed E-state index contributed by atoms with van der Waals surface area (Å²) >= 11 is 0. The van der Waals surface area contributed by atoms with Crippen LogP contribution < -0.4 is 15.4 Å². The molecule has 0 saturated carbocycles. The summed E-state index contributed by atoms with van der Waals surface area (Å²) in [7, 11) is 1.68. The highest BCUT2D eigenvalue weighted by molar-refractivity contribution is 5.85. The highest BCUT2D eigenvalue weighted by atomic mass is 35.5. The number of halogens is 2. The third kappa shape index (κ3) is 5.97. The van der Waals surface area contributed by atoms with Crippen molar-refractivity contribution in [1.29, 1.82) is 0 Å². The first-order valence-electron chi connectivity index (χ1n) is 10.4. The summed E-state index contributed by atoms with van der Waals surface area (Å²) in [4.78, 5) is 19.5. The standard InChI is InChI=1S/C23H30N4O2.2ClH/c1-29-19-9-7-18(8-10-19)16-25-12-14-26(15-13-25)23(28)17-27-11-3-4-20-21(24)5-2-6-22(20)27;;/h2,5-10H,3-4,11-17,24H2,1H3;2*1H. The monoisotopic (exact) mass is 466 g/mol. The molecule has 0 bridgehead atoms. The van der Waals surface area contributed by atoms with Gasteiger partial charge in [0.1, 0.15) is 5.75 Å². The Morgan fingerprint density at radius 1 is 1.00 bits per heavy atom. The molecule has 6 nitrogen and oxygen atoms in total. The van der Waals surface area contributed by atoms with Gasteiger partial charge in [-0.1, -0.05) is 18.2 Å². The van der Waals surface area contributed by atoms with Crippen LogP contribution in [0.2, 0.25) is 0 Å². The molecule has 2 N–H and O–H groups in total. The highest BCUT2D eigenvalue weighted by Gasteiger charge is 2.25. The van der Waals surface area contributed by atoms with Crippen molar-refractivity contribution in [1.82, 2.24) is 9.80 Å². The SMILES string of the molecule is COc1ccc(CN2CCN(C(=O)CN3CCCc4c(N)cccc43)CC2)cc1.Cl.Cl. The Labute approximate surface area is 197 Å². The van der Waals surface area contributed by atoms with Crippen LogP contribution in [0, 0.1) is 0 Å². The fraction of sp³-hybridized carbons (Fsp3) is 0.435. The van der Waals surface area contributed by atoms with Gasteiger partial charge >= 0.3 is 0 Å². The van der Waals surface area contributed by atoms with Crippen LogP contribution in [0.15, 0.2) is 42.5 Å². The molecule has 0 aromatic heterocycles. The number of anilines is 2. The molecule has 2 heterocycles. The van der Waals surface area contributed by atoms with E-state index in [0.29, 0.717) is 6.54 Å². The molecular formula is C23H32Cl2N4O2. The number of rotatable bonds is 5. The predicted octanol–water partition coefficient (Wildman–Crippen LogP) is 3.22. The van der Waals surface area contributed by atoms with Crippen molar-refractivity contribution in [2.75, 3.05) is 57.0 Å². The van der Waals surface area contributed by atoms with Gasteiger partial charge in [-0.25, -0.2) is 0 Å². The van der Waals surface area contributed by atoms with Gasteiger partial charge in [0, 0.05) is 50.6 Å². The molecule has 0 aliphatic carbocycles. The van der Waals surface area contributed by atoms with Gasteiger partial charge in [0.2, 0.25) is 5.91 Å². The molecule has 0 spiro atoms. The number of hydrogen-bond donors (Lipinski definition) is 1. The summed E-state index contributed by atoms with van der Waals surface area (Å²) in [6.07, 6.45) is 2.04. The summed E-state index contributed by atoms with van der Waals surface area (Å²) in [5, 5.41) is 0. The Kier molecular flexibility index (Phi) is 9.29. The zero-order valence-electron chi connectivity index (χ0n) is 18.0. The van der Waals surface area contributed by atoms with E-state index < -0.39 is 0 Å². The largest absolute Gasteiger partial charge is 0.497 e. The quantitative estimate of drug-likeness (QED) is 0.685. The minimum atomic E-state index is 0. The molecule has 2 aromatic rings. The Balaban J connectivity index is 0.00000171. The minimum Gasteiger partial charge on any atom is -0.497 e. The lowest BCUT2D eigenvalue weighted by molar-refractivity contribution is -0.131. The van der Waals surface area contributed by atoms with Crippen LogP contribution in [0.5, 0.6) is 5.75 Å². The Morgan fingerprint density at radius 3 is 2.39 bits per heavy atom. The Hall–Kier alpha value is -2.15. The second-order valence-electron chi connectivity index (χ2n) is 7.88. The van der Waals surface area contributed by atoms with Gasteiger partial charge in [0.25, 0.3) is 0 Å². The number of nitrogens with two attached hydrogens (primary N) is 1. The molecule has 1 amide bonds. The van der Waals surface area contributed by atoms with E-state index in [2.05, 4.69) is 28.0 Å². The van der Waals surface area contributed by atoms with Crippen LogP contribution in [0.3, 0.4) is 0 Å². The highest BCUT2D eigenvalue weighted by Crippen LogP contribution is 2.31. The van der Waals surface area contributed by atoms with Crippen molar-refractivity contribution in [3.63, 3.8) is 0 Å². The van der Waals surface area contributed by atoms with Gasteiger partial charge in [-0.2, -0.15) is 0 Å². The predicted molar refractivity (Wildman–Crippen MR) is 131 cm³/mol. The molecule has 0 unspecified atom stereocenters. The summed E-state index contributed by atoms with van der Waals surface area (Å²) in [6, 6.07) is 14.2. The van der Waals surface area contributed by atoms with Gasteiger partial charge in [0.05, 0.1) is 13.7 Å². The van der Waals surface area contributed by atoms with E-state index in [1.54, 1.807) is 7.11 Å². The van der Waals surface area contributed by atoms with E-state index in [0.717, 1.165) is 69.2 Å². The van der Waals surface area contributed by atoms with Crippen molar-refractivity contribution >= 4 is 42.1 Å². The number of piperazine rings is 1. The number of nitrogen functional groups attached to an aromatic ring is 1. The smallest absolute Gasteiger partial charge is 0.242 e.